The average Bonchev–Trinajstić information content (AvgIpc) is 3.84. The number of carbonyl (C=O) groups excluding carboxylic acids is 1. The third-order valence-corrected chi connectivity index (χ3v) is 9.72. The van der Waals surface area contributed by atoms with Crippen molar-refractivity contribution in [2.24, 2.45) is 0 Å². The molecule has 3 aromatic heterocycles. The maximum absolute atomic E-state index is 14.0. The molecule has 2 aliphatic heterocycles. The highest BCUT2D eigenvalue weighted by Gasteiger charge is 2.29. The van der Waals surface area contributed by atoms with E-state index in [0.717, 1.165) is 49.5 Å². The van der Waals surface area contributed by atoms with E-state index in [1.54, 1.807) is 34.7 Å². The number of hydrogen-bond donors (Lipinski definition) is 1. The predicted molar refractivity (Wildman–Crippen MR) is 172 cm³/mol. The summed E-state index contributed by atoms with van der Waals surface area (Å²) in [7, 11) is 0. The summed E-state index contributed by atoms with van der Waals surface area (Å²) in [4.78, 5) is 26.2. The molecule has 234 valence electrons. The van der Waals surface area contributed by atoms with Gasteiger partial charge in [0.15, 0.2) is 0 Å². The quantitative estimate of drug-likeness (QED) is 0.223. The van der Waals surface area contributed by atoms with E-state index in [2.05, 4.69) is 14.9 Å². The van der Waals surface area contributed by atoms with Crippen LogP contribution < -0.4 is 9.75 Å². The van der Waals surface area contributed by atoms with E-state index in [0.29, 0.717) is 43.9 Å². The van der Waals surface area contributed by atoms with E-state index in [-0.39, 0.29) is 31.4 Å². The second-order valence-electron chi connectivity index (χ2n) is 11.3. The molecule has 5 aromatic rings. The van der Waals surface area contributed by atoms with Gasteiger partial charge in [-0.15, -0.1) is 16.4 Å². The van der Waals surface area contributed by atoms with Crippen molar-refractivity contribution < 1.29 is 19.0 Å². The lowest BCUT2D eigenvalue weighted by Crippen LogP contribution is -2.38. The van der Waals surface area contributed by atoms with Crippen LogP contribution in [0.25, 0.3) is 22.0 Å². The number of imidazole rings is 1. The minimum Gasteiger partial charge on any atom is -0.492 e. The summed E-state index contributed by atoms with van der Waals surface area (Å²) in [6, 6.07) is 9.41. The van der Waals surface area contributed by atoms with Crippen molar-refractivity contribution in [3.05, 3.63) is 75.9 Å². The number of aliphatic hydroxyl groups is 1. The molecule has 7 rings (SSSR count). The molecule has 0 saturated carbocycles. The third kappa shape index (κ3) is 6.17. The molecule has 45 heavy (non-hydrogen) atoms. The number of halogens is 3. The van der Waals surface area contributed by atoms with Crippen molar-refractivity contribution in [3.63, 3.8) is 0 Å². The molecule has 1 amide bonds. The van der Waals surface area contributed by atoms with Crippen LogP contribution in [0.15, 0.2) is 54.4 Å². The standard InChI is InChI=1S/C31H30Cl2FN7O3S/c32-25-14-23(19-1-3-22(4-2-19)44-11-10-38-8-5-21(42)6-9-38)29(33)30-24(25)17-40(37-30)41(31-35-7-12-45-31)28(43)15-26-27-13-20(34)16-39(27)18-36-26/h1-4,7,12,14,17-18,20-21,42H,5-6,8-11,13,15-16H2/t20-/m1/s1. The summed E-state index contributed by atoms with van der Waals surface area (Å²) >= 11 is 15.0. The zero-order valence-corrected chi connectivity index (χ0v) is 26.5. The Labute approximate surface area is 272 Å². The molecule has 1 fully saturated rings. The van der Waals surface area contributed by atoms with Gasteiger partial charge in [-0.25, -0.2) is 14.4 Å². The highest BCUT2D eigenvalue weighted by atomic mass is 35.5. The van der Waals surface area contributed by atoms with Crippen LogP contribution in [0.1, 0.15) is 24.2 Å². The van der Waals surface area contributed by atoms with Crippen LogP contribution in [0, 0.1) is 0 Å². The number of benzene rings is 2. The molecule has 2 aromatic carbocycles. The van der Waals surface area contributed by atoms with Crippen LogP contribution in [0.3, 0.4) is 0 Å². The lowest BCUT2D eigenvalue weighted by atomic mass is 10.0. The fourth-order valence-electron chi connectivity index (χ4n) is 5.90. The Balaban J connectivity index is 1.12. The number of carbonyl (C=O) groups is 1. The first-order chi connectivity index (χ1) is 21.8. The lowest BCUT2D eigenvalue weighted by molar-refractivity contribution is -0.118. The Bertz CT molecular complexity index is 1820. The maximum atomic E-state index is 14.0. The molecule has 14 heteroatoms. The van der Waals surface area contributed by atoms with Crippen molar-refractivity contribution in [2.45, 2.75) is 44.5 Å². The van der Waals surface area contributed by atoms with Gasteiger partial charge < -0.3 is 14.4 Å². The molecule has 1 N–H and O–H groups in total. The van der Waals surface area contributed by atoms with E-state index in [1.165, 1.54) is 21.1 Å². The van der Waals surface area contributed by atoms with Gasteiger partial charge in [0.1, 0.15) is 24.0 Å². The second-order valence-corrected chi connectivity index (χ2v) is 12.9. The SMILES string of the molecule is O=C(Cc1ncn2c1C[C@@H](F)C2)N(c1nccs1)n1cc2c(Cl)cc(-c3ccc(OCCN4CCC(O)CC4)cc3)c(Cl)c2n1. The lowest BCUT2D eigenvalue weighted by Gasteiger charge is -2.29. The number of nitrogens with zero attached hydrogens (tertiary/aromatic N) is 7. The minimum absolute atomic E-state index is 0.0485. The number of alkyl halides is 1. The number of fused-ring (bicyclic) bond motifs is 2. The topological polar surface area (TPSA) is 102 Å². The first-order valence-electron chi connectivity index (χ1n) is 14.7. The molecule has 0 unspecified atom stereocenters. The highest BCUT2D eigenvalue weighted by Crippen LogP contribution is 2.39. The number of amides is 1. The smallest absolute Gasteiger partial charge is 0.255 e. The van der Waals surface area contributed by atoms with Crippen molar-refractivity contribution >= 4 is 56.5 Å². The molecule has 5 heterocycles. The molecule has 0 bridgehead atoms. The van der Waals surface area contributed by atoms with Gasteiger partial charge in [0.2, 0.25) is 5.13 Å². The van der Waals surface area contributed by atoms with Gasteiger partial charge >= 0.3 is 0 Å². The van der Waals surface area contributed by atoms with Crippen molar-refractivity contribution in [1.82, 2.24) is 29.3 Å². The minimum atomic E-state index is -0.980. The van der Waals surface area contributed by atoms with E-state index in [1.807, 2.05) is 24.3 Å². The number of hydrogen-bond acceptors (Lipinski definition) is 8. The Kier molecular flexibility index (Phi) is 8.49. The summed E-state index contributed by atoms with van der Waals surface area (Å²) < 4.78 is 21.7. The molecule has 0 radical (unpaired) electrons. The van der Waals surface area contributed by atoms with Crippen molar-refractivity contribution in [2.75, 3.05) is 31.3 Å². The van der Waals surface area contributed by atoms with E-state index in [9.17, 15) is 14.3 Å². The molecule has 1 atom stereocenters. The molecular weight excluding hydrogens is 640 g/mol. The van der Waals surface area contributed by atoms with Crippen LogP contribution in [-0.4, -0.2) is 78.9 Å². The Morgan fingerprint density at radius 2 is 1.98 bits per heavy atom. The van der Waals surface area contributed by atoms with Crippen LogP contribution >= 0.6 is 34.5 Å². The number of anilines is 1. The first kappa shape index (κ1) is 30.1. The molecule has 2 aliphatic rings. The predicted octanol–water partition coefficient (Wildman–Crippen LogP) is 5.43. The van der Waals surface area contributed by atoms with Crippen molar-refractivity contribution in [3.8, 4) is 16.9 Å². The number of rotatable bonds is 9. The summed E-state index contributed by atoms with van der Waals surface area (Å²) in [5, 5.41) is 19.3. The van der Waals surface area contributed by atoms with Crippen LogP contribution in [0.5, 0.6) is 5.75 Å². The summed E-state index contributed by atoms with van der Waals surface area (Å²) in [6.45, 7) is 3.36. The molecule has 10 nitrogen and oxygen atoms in total. The summed E-state index contributed by atoms with van der Waals surface area (Å²) in [6.07, 6.45) is 5.46. The number of aromatic nitrogens is 5. The number of aliphatic hydroxyl groups excluding tert-OH is 1. The Hall–Kier alpha value is -3.55. The van der Waals surface area contributed by atoms with E-state index < -0.39 is 6.17 Å². The van der Waals surface area contributed by atoms with Gasteiger partial charge in [-0.3, -0.25) is 9.69 Å². The summed E-state index contributed by atoms with van der Waals surface area (Å²) in [5.41, 5.74) is 3.23. The van der Waals surface area contributed by atoms with Gasteiger partial charge in [-0.1, -0.05) is 35.3 Å². The second kappa shape index (κ2) is 12.7. The number of ether oxygens (including phenoxy) is 1. The first-order valence-corrected chi connectivity index (χ1v) is 16.4. The van der Waals surface area contributed by atoms with Gasteiger partial charge in [0, 0.05) is 54.3 Å². The molecular formula is C31H30Cl2FN7O3S. The monoisotopic (exact) mass is 669 g/mol. The zero-order valence-electron chi connectivity index (χ0n) is 24.2. The Morgan fingerprint density at radius 1 is 1.18 bits per heavy atom. The zero-order chi connectivity index (χ0) is 31.1. The number of likely N-dealkylation sites (tertiary alicyclic amines) is 1. The highest BCUT2D eigenvalue weighted by molar-refractivity contribution is 7.13. The maximum Gasteiger partial charge on any atom is 0.255 e. The largest absolute Gasteiger partial charge is 0.492 e. The number of piperidine rings is 1. The molecule has 0 aliphatic carbocycles. The van der Waals surface area contributed by atoms with Gasteiger partial charge in [-0.2, -0.15) is 9.80 Å². The fraction of sp³-hybridized carbons (Fsp3) is 0.355. The summed E-state index contributed by atoms with van der Waals surface area (Å²) in [5.74, 6) is 0.411. The van der Waals surface area contributed by atoms with Crippen LogP contribution in [-0.2, 0) is 24.2 Å². The van der Waals surface area contributed by atoms with Crippen molar-refractivity contribution in [1.29, 1.82) is 0 Å². The third-order valence-electron chi connectivity index (χ3n) is 8.28. The van der Waals surface area contributed by atoms with Gasteiger partial charge in [-0.05, 0) is 36.6 Å². The average molecular weight is 671 g/mol. The fourth-order valence-corrected chi connectivity index (χ4v) is 7.10. The normalized spacial score (nSPS) is 17.2. The van der Waals surface area contributed by atoms with E-state index >= 15 is 0 Å². The van der Waals surface area contributed by atoms with Gasteiger partial charge in [0.25, 0.3) is 5.91 Å². The molecule has 1 saturated heterocycles. The number of thiazole rings is 1. The molecule has 0 spiro atoms. The van der Waals surface area contributed by atoms with Crippen LogP contribution in [0.4, 0.5) is 9.52 Å². The van der Waals surface area contributed by atoms with Crippen LogP contribution in [0.2, 0.25) is 10.0 Å². The van der Waals surface area contributed by atoms with Gasteiger partial charge in [0.05, 0.1) is 47.3 Å². The van der Waals surface area contributed by atoms with E-state index in [4.69, 9.17) is 33.0 Å². The Morgan fingerprint density at radius 3 is 2.73 bits per heavy atom.